The van der Waals surface area contributed by atoms with E-state index in [1.165, 1.54) is 0 Å². The Balaban J connectivity index is 2.85. The molecule has 0 amide bonds. The molecule has 3 nitrogen and oxygen atoms in total. The number of H-pyrrole nitrogens is 1. The highest BCUT2D eigenvalue weighted by atomic mass is 35.5. The first kappa shape index (κ1) is 7.14. The van der Waals surface area contributed by atoms with Crippen molar-refractivity contribution in [2.75, 3.05) is 0 Å². The largest absolute Gasteiger partial charge is 0.346 e. The van der Waals surface area contributed by atoms with Crippen LogP contribution in [0.1, 0.15) is 5.69 Å². The number of nitrogens with one attached hydrogen (secondary N) is 1. The Morgan fingerprint density at radius 1 is 1.58 bits per heavy atom. The minimum absolute atomic E-state index is 0.422. The van der Waals surface area contributed by atoms with Gasteiger partial charge in [-0.15, -0.1) is 0 Å². The highest BCUT2D eigenvalue weighted by Crippen LogP contribution is 2.20. The summed E-state index contributed by atoms with van der Waals surface area (Å²) in [5.74, 6) is 0. The molecule has 0 saturated heterocycles. The third-order valence-electron chi connectivity index (χ3n) is 1.62. The fourth-order valence-corrected chi connectivity index (χ4v) is 1.29. The van der Waals surface area contributed by atoms with E-state index in [1.54, 1.807) is 18.3 Å². The van der Waals surface area contributed by atoms with Crippen LogP contribution in [-0.4, -0.2) is 9.97 Å². The minimum atomic E-state index is 0.422. The standard InChI is InChI=1S/C8H4ClN3/c9-8-6-3-5(4-10)12-7(6)1-2-11-8/h1-3,12H. The number of rotatable bonds is 0. The summed E-state index contributed by atoms with van der Waals surface area (Å²) in [4.78, 5) is 6.79. The molecule has 0 atom stereocenters. The van der Waals surface area contributed by atoms with Crippen molar-refractivity contribution in [2.45, 2.75) is 0 Å². The molecule has 0 aliphatic rings. The zero-order valence-electron chi connectivity index (χ0n) is 6.00. The van der Waals surface area contributed by atoms with Crippen molar-refractivity contribution < 1.29 is 0 Å². The number of fused-ring (bicyclic) bond motifs is 1. The molecule has 0 spiro atoms. The Labute approximate surface area is 73.6 Å². The second-order valence-corrected chi connectivity index (χ2v) is 2.72. The fourth-order valence-electron chi connectivity index (χ4n) is 1.08. The van der Waals surface area contributed by atoms with Crippen molar-refractivity contribution in [1.82, 2.24) is 9.97 Å². The molecule has 0 unspecified atom stereocenters. The molecule has 0 bridgehead atoms. The lowest BCUT2D eigenvalue weighted by atomic mass is 10.3. The van der Waals surface area contributed by atoms with Crippen molar-refractivity contribution in [3.8, 4) is 6.07 Å². The molecule has 0 saturated carbocycles. The van der Waals surface area contributed by atoms with Gasteiger partial charge in [-0.25, -0.2) is 4.98 Å². The summed E-state index contributed by atoms with van der Waals surface area (Å²) < 4.78 is 0. The monoisotopic (exact) mass is 177 g/mol. The molecule has 2 heterocycles. The Kier molecular flexibility index (Phi) is 1.49. The van der Waals surface area contributed by atoms with Crippen LogP contribution < -0.4 is 0 Å². The second-order valence-electron chi connectivity index (χ2n) is 2.36. The quantitative estimate of drug-likeness (QED) is 0.627. The van der Waals surface area contributed by atoms with Crippen LogP contribution in [-0.2, 0) is 0 Å². The molecule has 58 valence electrons. The van der Waals surface area contributed by atoms with Gasteiger partial charge in [0.2, 0.25) is 0 Å². The van der Waals surface area contributed by atoms with Gasteiger partial charge in [-0.1, -0.05) is 11.6 Å². The molecule has 12 heavy (non-hydrogen) atoms. The Bertz CT molecular complexity index is 467. The number of aromatic nitrogens is 2. The molecule has 0 aliphatic carbocycles. The Morgan fingerprint density at radius 3 is 3.08 bits per heavy atom. The number of halogens is 1. The predicted molar refractivity (Wildman–Crippen MR) is 45.8 cm³/mol. The zero-order valence-corrected chi connectivity index (χ0v) is 6.76. The smallest absolute Gasteiger partial charge is 0.138 e. The number of aromatic amines is 1. The maximum Gasteiger partial charge on any atom is 0.138 e. The van der Waals surface area contributed by atoms with Gasteiger partial charge in [-0.3, -0.25) is 0 Å². The first-order valence-corrected chi connectivity index (χ1v) is 3.72. The highest BCUT2D eigenvalue weighted by Gasteiger charge is 2.02. The summed E-state index contributed by atoms with van der Waals surface area (Å²) in [6, 6.07) is 5.47. The summed E-state index contributed by atoms with van der Waals surface area (Å²) in [7, 11) is 0. The van der Waals surface area contributed by atoms with Crippen LogP contribution in [0.5, 0.6) is 0 Å². The summed E-state index contributed by atoms with van der Waals surface area (Å²) in [5, 5.41) is 9.79. The lowest BCUT2D eigenvalue weighted by molar-refractivity contribution is 1.34. The number of pyridine rings is 1. The van der Waals surface area contributed by atoms with E-state index in [0.717, 1.165) is 10.9 Å². The number of nitriles is 1. The first-order chi connectivity index (χ1) is 5.81. The average molecular weight is 178 g/mol. The van der Waals surface area contributed by atoms with Crippen LogP contribution >= 0.6 is 11.6 Å². The molecule has 0 fully saturated rings. The van der Waals surface area contributed by atoms with E-state index in [2.05, 4.69) is 9.97 Å². The van der Waals surface area contributed by atoms with E-state index < -0.39 is 0 Å². The number of hydrogen-bond donors (Lipinski definition) is 1. The van der Waals surface area contributed by atoms with Gasteiger partial charge in [-0.2, -0.15) is 5.26 Å². The predicted octanol–water partition coefficient (Wildman–Crippen LogP) is 2.09. The first-order valence-electron chi connectivity index (χ1n) is 3.34. The van der Waals surface area contributed by atoms with E-state index in [0.29, 0.717) is 10.8 Å². The van der Waals surface area contributed by atoms with Crippen LogP contribution in [0.4, 0.5) is 0 Å². The summed E-state index contributed by atoms with van der Waals surface area (Å²) in [5.41, 5.74) is 1.34. The maximum absolute atomic E-state index is 8.58. The second kappa shape index (κ2) is 2.50. The highest BCUT2D eigenvalue weighted by molar-refractivity contribution is 6.34. The van der Waals surface area contributed by atoms with E-state index in [9.17, 15) is 0 Å². The molecule has 2 rings (SSSR count). The van der Waals surface area contributed by atoms with Crippen molar-refractivity contribution in [3.63, 3.8) is 0 Å². The minimum Gasteiger partial charge on any atom is -0.346 e. The molecule has 4 heteroatoms. The van der Waals surface area contributed by atoms with E-state index in [1.807, 2.05) is 6.07 Å². The topological polar surface area (TPSA) is 52.5 Å². The molecular weight excluding hydrogens is 174 g/mol. The number of nitrogens with zero attached hydrogens (tertiary/aromatic N) is 2. The molecule has 1 N–H and O–H groups in total. The van der Waals surface area contributed by atoms with Crippen LogP contribution in [0.25, 0.3) is 10.9 Å². The summed E-state index contributed by atoms with van der Waals surface area (Å²) in [6.07, 6.45) is 1.60. The van der Waals surface area contributed by atoms with Gasteiger partial charge in [0.25, 0.3) is 0 Å². The SMILES string of the molecule is N#Cc1cc2c(Cl)nccc2[nH]1. The van der Waals surface area contributed by atoms with Crippen molar-refractivity contribution >= 4 is 22.5 Å². The van der Waals surface area contributed by atoms with Gasteiger partial charge in [0.1, 0.15) is 16.9 Å². The van der Waals surface area contributed by atoms with Crippen LogP contribution in [0.2, 0.25) is 5.15 Å². The van der Waals surface area contributed by atoms with Gasteiger partial charge in [-0.05, 0) is 12.1 Å². The number of hydrogen-bond acceptors (Lipinski definition) is 2. The molecule has 0 aromatic carbocycles. The van der Waals surface area contributed by atoms with Gasteiger partial charge >= 0.3 is 0 Å². The van der Waals surface area contributed by atoms with Crippen LogP contribution in [0, 0.1) is 11.3 Å². The Morgan fingerprint density at radius 2 is 2.42 bits per heavy atom. The van der Waals surface area contributed by atoms with Gasteiger partial charge in [0, 0.05) is 11.6 Å². The van der Waals surface area contributed by atoms with Crippen molar-refractivity contribution in [2.24, 2.45) is 0 Å². The van der Waals surface area contributed by atoms with Gasteiger partial charge in [0.05, 0.1) is 5.52 Å². The van der Waals surface area contributed by atoms with E-state index in [-0.39, 0.29) is 0 Å². The normalized spacial score (nSPS) is 10.0. The summed E-state index contributed by atoms with van der Waals surface area (Å²) >= 11 is 5.79. The zero-order chi connectivity index (χ0) is 8.55. The third kappa shape index (κ3) is 0.936. The molecule has 2 aromatic heterocycles. The van der Waals surface area contributed by atoms with Crippen LogP contribution in [0.15, 0.2) is 18.3 Å². The molecule has 0 radical (unpaired) electrons. The van der Waals surface area contributed by atoms with Crippen molar-refractivity contribution in [1.29, 1.82) is 5.26 Å². The molecule has 0 aliphatic heterocycles. The molecular formula is C8H4ClN3. The lowest BCUT2D eigenvalue weighted by Crippen LogP contribution is -1.73. The fraction of sp³-hybridized carbons (Fsp3) is 0. The van der Waals surface area contributed by atoms with Gasteiger partial charge < -0.3 is 4.98 Å². The Hall–Kier alpha value is -1.53. The maximum atomic E-state index is 8.58. The average Bonchev–Trinajstić information content (AvgIpc) is 2.49. The van der Waals surface area contributed by atoms with E-state index in [4.69, 9.17) is 16.9 Å². The van der Waals surface area contributed by atoms with Gasteiger partial charge in [0.15, 0.2) is 0 Å². The lowest BCUT2D eigenvalue weighted by Gasteiger charge is -1.88. The molecule has 2 aromatic rings. The van der Waals surface area contributed by atoms with E-state index >= 15 is 0 Å². The van der Waals surface area contributed by atoms with Crippen LogP contribution in [0.3, 0.4) is 0 Å². The third-order valence-corrected chi connectivity index (χ3v) is 1.92. The van der Waals surface area contributed by atoms with Crippen molar-refractivity contribution in [3.05, 3.63) is 29.2 Å². The summed E-state index contributed by atoms with van der Waals surface area (Å²) in [6.45, 7) is 0.